The summed E-state index contributed by atoms with van der Waals surface area (Å²) in [5, 5.41) is 13.0. The molecule has 0 aromatic heterocycles. The number of hydrogen-bond donors (Lipinski definition) is 1. The molecule has 0 aliphatic rings. The van der Waals surface area contributed by atoms with Gasteiger partial charge in [0.2, 0.25) is 0 Å². The maximum atomic E-state index is 8.97. The molecule has 1 aromatic rings. The van der Waals surface area contributed by atoms with E-state index in [4.69, 9.17) is 16.9 Å². The lowest BCUT2D eigenvalue weighted by atomic mass is 10.2. The SMILES string of the molecule is CC(C)NC(C#N)CSCc1ccccc1Cl. The molecule has 92 valence electrons. The normalized spacial score (nSPS) is 12.4. The Balaban J connectivity index is 2.37. The highest BCUT2D eigenvalue weighted by molar-refractivity contribution is 7.98. The second kappa shape index (κ2) is 7.60. The van der Waals surface area contributed by atoms with Crippen molar-refractivity contribution < 1.29 is 0 Å². The molecule has 1 aromatic carbocycles. The fraction of sp³-hybridized carbons (Fsp3) is 0.462. The molecule has 0 saturated carbocycles. The van der Waals surface area contributed by atoms with Crippen LogP contribution in [-0.2, 0) is 5.75 Å². The molecule has 0 spiro atoms. The summed E-state index contributed by atoms with van der Waals surface area (Å²) in [6.45, 7) is 4.09. The van der Waals surface area contributed by atoms with E-state index < -0.39 is 0 Å². The molecule has 0 amide bonds. The second-order valence-electron chi connectivity index (χ2n) is 4.11. The summed E-state index contributed by atoms with van der Waals surface area (Å²) in [5.41, 5.74) is 1.13. The molecule has 1 rings (SSSR count). The van der Waals surface area contributed by atoms with E-state index in [1.165, 1.54) is 0 Å². The molecule has 0 bridgehead atoms. The first kappa shape index (κ1) is 14.4. The minimum absolute atomic E-state index is 0.0949. The van der Waals surface area contributed by atoms with Crippen LogP contribution in [0, 0.1) is 11.3 Å². The van der Waals surface area contributed by atoms with Crippen LogP contribution < -0.4 is 5.32 Å². The largest absolute Gasteiger partial charge is 0.299 e. The maximum Gasteiger partial charge on any atom is 0.105 e. The molecule has 17 heavy (non-hydrogen) atoms. The van der Waals surface area contributed by atoms with Crippen LogP contribution in [0.25, 0.3) is 0 Å². The number of nitriles is 1. The van der Waals surface area contributed by atoms with Crippen LogP contribution in [-0.4, -0.2) is 17.8 Å². The van der Waals surface area contributed by atoms with Crippen LogP contribution in [0.1, 0.15) is 19.4 Å². The van der Waals surface area contributed by atoms with Gasteiger partial charge >= 0.3 is 0 Å². The third-order valence-electron chi connectivity index (χ3n) is 2.19. The van der Waals surface area contributed by atoms with Crippen molar-refractivity contribution in [3.8, 4) is 6.07 Å². The lowest BCUT2D eigenvalue weighted by Gasteiger charge is -2.14. The average Bonchev–Trinajstić information content (AvgIpc) is 2.29. The van der Waals surface area contributed by atoms with Crippen molar-refractivity contribution in [2.24, 2.45) is 0 Å². The summed E-state index contributed by atoms with van der Waals surface area (Å²) in [4.78, 5) is 0. The van der Waals surface area contributed by atoms with Crippen LogP contribution in [0.3, 0.4) is 0 Å². The van der Waals surface area contributed by atoms with Gasteiger partial charge in [-0.05, 0) is 25.5 Å². The summed E-state index contributed by atoms with van der Waals surface area (Å²) in [6, 6.07) is 10.3. The van der Waals surface area contributed by atoms with Crippen molar-refractivity contribution in [2.75, 3.05) is 5.75 Å². The Morgan fingerprint density at radius 3 is 2.71 bits per heavy atom. The molecule has 0 fully saturated rings. The molecule has 1 N–H and O–H groups in total. The summed E-state index contributed by atoms with van der Waals surface area (Å²) in [5.74, 6) is 1.62. The average molecular weight is 269 g/mol. The molecular weight excluding hydrogens is 252 g/mol. The van der Waals surface area contributed by atoms with Gasteiger partial charge in [-0.15, -0.1) is 0 Å². The van der Waals surface area contributed by atoms with Crippen LogP contribution in [0.15, 0.2) is 24.3 Å². The number of rotatable bonds is 6. The standard InChI is InChI=1S/C13H17ClN2S/c1-10(2)16-12(7-15)9-17-8-11-5-3-4-6-13(11)14/h3-6,10,12,16H,8-9H2,1-2H3. The summed E-state index contributed by atoms with van der Waals surface area (Å²) in [7, 11) is 0. The Labute approximate surface area is 112 Å². The van der Waals surface area contributed by atoms with Crippen LogP contribution >= 0.6 is 23.4 Å². The maximum absolute atomic E-state index is 8.97. The van der Waals surface area contributed by atoms with Crippen molar-refractivity contribution in [1.82, 2.24) is 5.32 Å². The lowest BCUT2D eigenvalue weighted by Crippen LogP contribution is -2.35. The first-order chi connectivity index (χ1) is 8.13. The van der Waals surface area contributed by atoms with Crippen LogP contribution in [0.5, 0.6) is 0 Å². The van der Waals surface area contributed by atoms with Gasteiger partial charge in [-0.25, -0.2) is 0 Å². The number of nitrogens with one attached hydrogen (secondary N) is 1. The Morgan fingerprint density at radius 2 is 2.12 bits per heavy atom. The first-order valence-electron chi connectivity index (χ1n) is 5.60. The molecule has 0 aliphatic carbocycles. The topological polar surface area (TPSA) is 35.8 Å². The van der Waals surface area contributed by atoms with Crippen molar-refractivity contribution >= 4 is 23.4 Å². The molecular formula is C13H17ClN2S. The molecule has 0 heterocycles. The predicted octanol–water partition coefficient (Wildman–Crippen LogP) is 3.46. The van der Waals surface area contributed by atoms with Gasteiger partial charge in [0, 0.05) is 22.6 Å². The van der Waals surface area contributed by atoms with E-state index in [9.17, 15) is 0 Å². The fourth-order valence-electron chi connectivity index (χ4n) is 1.43. The van der Waals surface area contributed by atoms with E-state index in [1.807, 2.05) is 38.1 Å². The third-order valence-corrected chi connectivity index (χ3v) is 3.64. The number of halogens is 1. The Hall–Kier alpha value is -0.690. The first-order valence-corrected chi connectivity index (χ1v) is 7.13. The van der Waals surface area contributed by atoms with E-state index in [-0.39, 0.29) is 6.04 Å². The van der Waals surface area contributed by atoms with Gasteiger partial charge < -0.3 is 0 Å². The molecule has 0 aliphatic heterocycles. The monoisotopic (exact) mass is 268 g/mol. The zero-order valence-corrected chi connectivity index (χ0v) is 11.7. The summed E-state index contributed by atoms with van der Waals surface area (Å²) in [6.07, 6.45) is 0. The zero-order chi connectivity index (χ0) is 12.7. The van der Waals surface area contributed by atoms with Gasteiger partial charge in [0.1, 0.15) is 6.04 Å². The smallest absolute Gasteiger partial charge is 0.105 e. The van der Waals surface area contributed by atoms with Gasteiger partial charge in [0.05, 0.1) is 6.07 Å². The number of benzene rings is 1. The van der Waals surface area contributed by atoms with Gasteiger partial charge in [-0.3, -0.25) is 5.32 Å². The van der Waals surface area contributed by atoms with E-state index >= 15 is 0 Å². The van der Waals surface area contributed by atoms with Crippen molar-refractivity contribution in [2.45, 2.75) is 31.7 Å². The Kier molecular flexibility index (Phi) is 6.43. The Morgan fingerprint density at radius 1 is 1.41 bits per heavy atom. The zero-order valence-electron chi connectivity index (χ0n) is 10.1. The van der Waals surface area contributed by atoms with Gasteiger partial charge in [-0.1, -0.05) is 29.8 Å². The quantitative estimate of drug-likeness (QED) is 0.858. The van der Waals surface area contributed by atoms with Gasteiger partial charge in [-0.2, -0.15) is 17.0 Å². The molecule has 0 radical (unpaired) electrons. The van der Waals surface area contributed by atoms with Crippen molar-refractivity contribution in [3.63, 3.8) is 0 Å². The van der Waals surface area contributed by atoms with Crippen LogP contribution in [0.4, 0.5) is 0 Å². The summed E-state index contributed by atoms with van der Waals surface area (Å²) < 4.78 is 0. The van der Waals surface area contributed by atoms with E-state index in [0.717, 1.165) is 22.1 Å². The number of nitrogens with zero attached hydrogens (tertiary/aromatic N) is 1. The third kappa shape index (κ3) is 5.45. The minimum Gasteiger partial charge on any atom is -0.299 e. The highest BCUT2D eigenvalue weighted by Gasteiger charge is 2.08. The van der Waals surface area contributed by atoms with E-state index in [0.29, 0.717) is 6.04 Å². The van der Waals surface area contributed by atoms with Gasteiger partial charge in [0.25, 0.3) is 0 Å². The van der Waals surface area contributed by atoms with Gasteiger partial charge in [0.15, 0.2) is 0 Å². The predicted molar refractivity (Wildman–Crippen MR) is 75.3 cm³/mol. The molecule has 1 unspecified atom stereocenters. The highest BCUT2D eigenvalue weighted by Crippen LogP contribution is 2.21. The fourth-order valence-corrected chi connectivity index (χ4v) is 2.70. The number of thioether (sulfide) groups is 1. The highest BCUT2D eigenvalue weighted by atomic mass is 35.5. The van der Waals surface area contributed by atoms with E-state index in [1.54, 1.807) is 11.8 Å². The number of hydrogen-bond acceptors (Lipinski definition) is 3. The molecule has 1 atom stereocenters. The second-order valence-corrected chi connectivity index (χ2v) is 5.55. The van der Waals surface area contributed by atoms with Crippen molar-refractivity contribution in [3.05, 3.63) is 34.9 Å². The molecule has 0 saturated heterocycles. The Bertz CT molecular complexity index is 387. The minimum atomic E-state index is -0.0949. The lowest BCUT2D eigenvalue weighted by molar-refractivity contribution is 0.560. The molecule has 2 nitrogen and oxygen atoms in total. The molecule has 4 heteroatoms. The van der Waals surface area contributed by atoms with Crippen molar-refractivity contribution in [1.29, 1.82) is 5.26 Å². The summed E-state index contributed by atoms with van der Waals surface area (Å²) >= 11 is 7.79. The van der Waals surface area contributed by atoms with Crippen LogP contribution in [0.2, 0.25) is 5.02 Å². The van der Waals surface area contributed by atoms with E-state index in [2.05, 4.69) is 11.4 Å².